The molecule has 4 N–H and O–H groups in total. The fraction of sp³-hybridized carbons (Fsp3) is 0.375. The number of nitrogens with one attached hydrogen (secondary N) is 4. The molecule has 3 amide bonds. The lowest BCUT2D eigenvalue weighted by Crippen LogP contribution is -2.52. The summed E-state index contributed by atoms with van der Waals surface area (Å²) in [6.07, 6.45) is 4.56. The van der Waals surface area contributed by atoms with Gasteiger partial charge in [0.15, 0.2) is 5.69 Å². The largest absolute Gasteiger partial charge is 0.347 e. The van der Waals surface area contributed by atoms with Crippen LogP contribution in [0.4, 0.5) is 14.9 Å². The van der Waals surface area contributed by atoms with Crippen LogP contribution >= 0.6 is 0 Å². The summed E-state index contributed by atoms with van der Waals surface area (Å²) in [7, 11) is 0. The summed E-state index contributed by atoms with van der Waals surface area (Å²) >= 11 is 0. The summed E-state index contributed by atoms with van der Waals surface area (Å²) in [5.74, 6) is -0.525. The molecule has 2 atom stereocenters. The van der Waals surface area contributed by atoms with E-state index in [2.05, 4.69) is 31.0 Å². The minimum Gasteiger partial charge on any atom is -0.347 e. The van der Waals surface area contributed by atoms with Gasteiger partial charge in [-0.25, -0.2) is 9.18 Å². The van der Waals surface area contributed by atoms with Crippen LogP contribution < -0.4 is 16.0 Å². The van der Waals surface area contributed by atoms with Crippen molar-refractivity contribution in [3.05, 3.63) is 59.5 Å². The normalized spacial score (nSPS) is 20.4. The van der Waals surface area contributed by atoms with Crippen molar-refractivity contribution in [3.63, 3.8) is 0 Å². The Balaban J connectivity index is 1.22. The van der Waals surface area contributed by atoms with E-state index in [1.165, 1.54) is 25.0 Å². The lowest BCUT2D eigenvalue weighted by Gasteiger charge is -2.40. The van der Waals surface area contributed by atoms with E-state index in [1.54, 1.807) is 30.3 Å². The van der Waals surface area contributed by atoms with E-state index in [1.807, 2.05) is 0 Å². The van der Waals surface area contributed by atoms with Crippen LogP contribution in [0.3, 0.4) is 0 Å². The molecule has 0 bridgehead atoms. The monoisotopic (exact) mass is 450 g/mol. The molecule has 2 aliphatic rings. The van der Waals surface area contributed by atoms with Crippen molar-refractivity contribution < 1.29 is 14.0 Å². The molecule has 1 unspecified atom stereocenters. The topological polar surface area (TPSA) is 102 Å². The predicted molar refractivity (Wildman–Crippen MR) is 123 cm³/mol. The zero-order valence-electron chi connectivity index (χ0n) is 18.2. The molecule has 2 fully saturated rings. The van der Waals surface area contributed by atoms with Crippen LogP contribution in [0.15, 0.2) is 42.5 Å². The smallest absolute Gasteiger partial charge is 0.319 e. The maximum Gasteiger partial charge on any atom is 0.319 e. The van der Waals surface area contributed by atoms with Gasteiger partial charge < -0.3 is 16.0 Å². The number of hydrogen-bond acceptors (Lipinski definition) is 4. The number of anilines is 1. The number of amides is 3. The first-order chi connectivity index (χ1) is 16.0. The molecular weight excluding hydrogens is 423 g/mol. The van der Waals surface area contributed by atoms with Gasteiger partial charge in [0, 0.05) is 36.2 Å². The average Bonchev–Trinajstić information content (AvgIpc) is 3.16. The third-order valence-corrected chi connectivity index (χ3v) is 6.55. The third kappa shape index (κ3) is 4.83. The Labute approximate surface area is 190 Å². The second-order valence-corrected chi connectivity index (χ2v) is 8.81. The highest BCUT2D eigenvalue weighted by molar-refractivity contribution is 6.06. The Hall–Kier alpha value is -3.46. The molecule has 0 radical (unpaired) electrons. The maximum atomic E-state index is 13.0. The van der Waals surface area contributed by atoms with E-state index >= 15 is 0 Å². The number of aromatic amines is 1. The Morgan fingerprint density at radius 1 is 1.12 bits per heavy atom. The predicted octanol–water partition coefficient (Wildman–Crippen LogP) is 3.38. The van der Waals surface area contributed by atoms with Gasteiger partial charge in [0.1, 0.15) is 5.82 Å². The molecule has 3 heterocycles. The van der Waals surface area contributed by atoms with Crippen LogP contribution in [0.2, 0.25) is 0 Å². The lowest BCUT2D eigenvalue weighted by molar-refractivity contribution is 0.0787. The highest BCUT2D eigenvalue weighted by atomic mass is 19.1. The van der Waals surface area contributed by atoms with E-state index in [-0.39, 0.29) is 24.3 Å². The lowest BCUT2D eigenvalue weighted by atomic mass is 10.00. The number of benzene rings is 2. The van der Waals surface area contributed by atoms with Crippen molar-refractivity contribution >= 4 is 28.5 Å². The molecule has 9 heteroatoms. The number of nitrogens with zero attached hydrogens (tertiary/aromatic N) is 2. The van der Waals surface area contributed by atoms with Crippen molar-refractivity contribution in [2.75, 3.05) is 18.4 Å². The standard InChI is InChI=1S/C24H27FN6O2/c25-16-6-4-15(5-7-16)13-26-24(33)28-17-8-9-21-20(12-17)22(30-29-21)23(32)27-18-2-1-3-19-10-11-31(19)14-18/h4-9,12,18-19H,1-3,10-11,13-14H2,(H,27,32)(H,29,30)(H2,26,28,33)/t18-,19?/m0/s1. The zero-order chi connectivity index (χ0) is 22.8. The van der Waals surface area contributed by atoms with E-state index < -0.39 is 6.03 Å². The van der Waals surface area contributed by atoms with Crippen molar-refractivity contribution in [3.8, 4) is 0 Å². The quantitative estimate of drug-likeness (QED) is 0.479. The molecule has 0 saturated carbocycles. The van der Waals surface area contributed by atoms with Gasteiger partial charge in [0.25, 0.3) is 5.91 Å². The third-order valence-electron chi connectivity index (χ3n) is 6.55. The molecule has 2 aromatic carbocycles. The highest BCUT2D eigenvalue weighted by Gasteiger charge is 2.33. The van der Waals surface area contributed by atoms with Crippen LogP contribution in [0, 0.1) is 5.82 Å². The summed E-state index contributed by atoms with van der Waals surface area (Å²) in [6.45, 7) is 2.27. The van der Waals surface area contributed by atoms with Gasteiger partial charge in [0.2, 0.25) is 0 Å². The van der Waals surface area contributed by atoms with Crippen molar-refractivity contribution in [1.29, 1.82) is 0 Å². The molecule has 5 rings (SSSR count). The highest BCUT2D eigenvalue weighted by Crippen LogP contribution is 2.27. The summed E-state index contributed by atoms with van der Waals surface area (Å²) in [5, 5.41) is 16.4. The Morgan fingerprint density at radius 2 is 1.97 bits per heavy atom. The van der Waals surface area contributed by atoms with Crippen LogP contribution in [-0.2, 0) is 6.54 Å². The van der Waals surface area contributed by atoms with Crippen LogP contribution in [0.25, 0.3) is 10.9 Å². The summed E-state index contributed by atoms with van der Waals surface area (Å²) in [4.78, 5) is 27.7. The zero-order valence-corrected chi connectivity index (χ0v) is 18.2. The molecule has 0 aliphatic carbocycles. The summed E-state index contributed by atoms with van der Waals surface area (Å²) in [6, 6.07) is 11.6. The molecule has 2 aliphatic heterocycles. The average molecular weight is 451 g/mol. The summed E-state index contributed by atoms with van der Waals surface area (Å²) < 4.78 is 13.0. The van der Waals surface area contributed by atoms with Gasteiger partial charge in [-0.1, -0.05) is 12.1 Å². The van der Waals surface area contributed by atoms with Crippen LogP contribution in [0.1, 0.15) is 41.7 Å². The van der Waals surface area contributed by atoms with E-state index in [4.69, 9.17) is 0 Å². The van der Waals surface area contributed by atoms with Gasteiger partial charge in [-0.05, 0) is 68.1 Å². The number of halogens is 1. The number of carbonyl (C=O) groups is 2. The number of urea groups is 1. The fourth-order valence-electron chi connectivity index (χ4n) is 4.63. The molecule has 3 aromatic rings. The van der Waals surface area contributed by atoms with Gasteiger partial charge >= 0.3 is 6.03 Å². The first-order valence-corrected chi connectivity index (χ1v) is 11.4. The summed E-state index contributed by atoms with van der Waals surface area (Å²) in [5.41, 5.74) is 2.39. The minimum atomic E-state index is -0.393. The number of hydrogen-bond donors (Lipinski definition) is 4. The first-order valence-electron chi connectivity index (χ1n) is 11.4. The number of rotatable bonds is 5. The number of aromatic nitrogens is 2. The van der Waals surface area contributed by atoms with Gasteiger partial charge in [-0.2, -0.15) is 5.10 Å². The van der Waals surface area contributed by atoms with Crippen LogP contribution in [-0.4, -0.2) is 52.2 Å². The molecular formula is C24H27FN6O2. The molecule has 172 valence electrons. The van der Waals surface area contributed by atoms with Gasteiger partial charge in [-0.3, -0.25) is 14.8 Å². The molecule has 2 saturated heterocycles. The van der Waals surface area contributed by atoms with Crippen molar-refractivity contribution in [2.45, 2.75) is 44.3 Å². The second kappa shape index (κ2) is 9.19. The van der Waals surface area contributed by atoms with E-state index in [0.717, 1.165) is 37.0 Å². The molecule has 0 spiro atoms. The Kier molecular flexibility index (Phi) is 5.95. The SMILES string of the molecule is O=C(NCc1ccc(F)cc1)Nc1ccc2[nH]nc(C(=O)N[C@H]3CCCC4CCN4C3)c2c1. The van der Waals surface area contributed by atoms with E-state index in [0.29, 0.717) is 22.8 Å². The maximum absolute atomic E-state index is 13.0. The van der Waals surface area contributed by atoms with Gasteiger partial charge in [0.05, 0.1) is 5.52 Å². The minimum absolute atomic E-state index is 0.119. The van der Waals surface area contributed by atoms with Crippen molar-refractivity contribution in [1.82, 2.24) is 25.7 Å². The van der Waals surface area contributed by atoms with E-state index in [9.17, 15) is 14.0 Å². The molecule has 8 nitrogen and oxygen atoms in total. The van der Waals surface area contributed by atoms with Gasteiger partial charge in [-0.15, -0.1) is 0 Å². The number of H-pyrrole nitrogens is 1. The Morgan fingerprint density at radius 3 is 2.76 bits per heavy atom. The van der Waals surface area contributed by atoms with Crippen molar-refractivity contribution in [2.24, 2.45) is 0 Å². The Bertz CT molecular complexity index is 1160. The first kappa shape index (κ1) is 21.4. The van der Waals surface area contributed by atoms with Crippen LogP contribution in [0.5, 0.6) is 0 Å². The number of carbonyl (C=O) groups excluding carboxylic acids is 2. The number of fused-ring (bicyclic) bond motifs is 2. The molecule has 33 heavy (non-hydrogen) atoms. The second-order valence-electron chi connectivity index (χ2n) is 8.81. The molecule has 1 aromatic heterocycles. The fourth-order valence-corrected chi connectivity index (χ4v) is 4.63.